The second-order valence-electron chi connectivity index (χ2n) is 10.6. The summed E-state index contributed by atoms with van der Waals surface area (Å²) in [5, 5.41) is 7.03. The van der Waals surface area contributed by atoms with Gasteiger partial charge < -0.3 is 9.42 Å². The van der Waals surface area contributed by atoms with Crippen LogP contribution >= 0.6 is 6.26 Å². The summed E-state index contributed by atoms with van der Waals surface area (Å²) in [4.78, 5) is 7.35. The van der Waals surface area contributed by atoms with Crippen LogP contribution in [0.2, 0.25) is 0 Å². The van der Waals surface area contributed by atoms with Crippen LogP contribution in [0.4, 0.5) is 11.5 Å². The van der Waals surface area contributed by atoms with E-state index in [1.807, 2.05) is 29.1 Å². The monoisotopic (exact) mass is 516 g/mol. The van der Waals surface area contributed by atoms with Gasteiger partial charge in [-0.25, -0.2) is 9.67 Å². The molecule has 0 saturated heterocycles. The zero-order chi connectivity index (χ0) is 25.1. The topological polar surface area (TPSA) is 42.6 Å². The van der Waals surface area contributed by atoms with Crippen molar-refractivity contribution in [3.05, 3.63) is 76.9 Å². The maximum atomic E-state index is 7.14. The number of rotatable bonds is 3. The SMILES string of the molecule is Cc1nn(-c2ccccc2)c2c1P(=S)(OC1CCCCC1)/C(=C1/N(C)c3ccccc3C1(C)C)C=N2. The third kappa shape index (κ3) is 3.57. The lowest BCUT2D eigenvalue weighted by Crippen LogP contribution is -2.29. The number of aryl methyl sites for hydroxylation is 1. The van der Waals surface area contributed by atoms with Gasteiger partial charge in [0.05, 0.1) is 28.1 Å². The molecule has 0 bridgehead atoms. The molecule has 1 atom stereocenters. The standard InChI is InChI=1S/C29H33N4OPS/c1-20-26-28(33(31-20)21-13-7-5-8-14-21)30-19-25(35(26,36)34-22-15-9-6-10-16-22)27-29(2,3)23-17-11-12-18-24(23)32(27)4/h5,7-8,11-14,17-19,22H,6,9-10,15-16H2,1-4H3/b27-25+. The van der Waals surface area contributed by atoms with E-state index in [0.717, 1.165) is 40.7 Å². The van der Waals surface area contributed by atoms with Gasteiger partial charge in [0.2, 0.25) is 0 Å². The Hall–Kier alpha value is -2.53. The van der Waals surface area contributed by atoms with Gasteiger partial charge in [0.1, 0.15) is 6.26 Å². The van der Waals surface area contributed by atoms with Crippen LogP contribution in [-0.4, -0.2) is 29.1 Å². The highest BCUT2D eigenvalue weighted by Gasteiger charge is 2.47. The molecule has 2 aromatic carbocycles. The van der Waals surface area contributed by atoms with E-state index in [4.69, 9.17) is 26.4 Å². The van der Waals surface area contributed by atoms with Gasteiger partial charge in [0.15, 0.2) is 5.82 Å². The van der Waals surface area contributed by atoms with Crippen LogP contribution in [0.5, 0.6) is 0 Å². The van der Waals surface area contributed by atoms with Gasteiger partial charge in [-0.2, -0.15) is 5.10 Å². The minimum Gasteiger partial charge on any atom is -0.346 e. The number of hydrogen-bond acceptors (Lipinski definition) is 5. The largest absolute Gasteiger partial charge is 0.346 e. The van der Waals surface area contributed by atoms with Crippen LogP contribution in [0.1, 0.15) is 57.2 Å². The van der Waals surface area contributed by atoms with Gasteiger partial charge >= 0.3 is 0 Å². The molecule has 0 amide bonds. The molecule has 6 rings (SSSR count). The number of para-hydroxylation sites is 2. The third-order valence-corrected chi connectivity index (χ3v) is 12.0. The van der Waals surface area contributed by atoms with Crippen molar-refractivity contribution in [3.8, 4) is 5.69 Å². The molecular formula is C29H33N4OPS. The van der Waals surface area contributed by atoms with Gasteiger partial charge in [-0.15, -0.1) is 0 Å². The Morgan fingerprint density at radius 2 is 1.69 bits per heavy atom. The number of anilines is 1. The van der Waals surface area contributed by atoms with Crippen molar-refractivity contribution < 1.29 is 4.52 Å². The zero-order valence-electron chi connectivity index (χ0n) is 21.4. The summed E-state index contributed by atoms with van der Waals surface area (Å²) in [5.41, 5.74) is 5.42. The first-order valence-electron chi connectivity index (χ1n) is 12.9. The van der Waals surface area contributed by atoms with Gasteiger partial charge in [0.25, 0.3) is 0 Å². The zero-order valence-corrected chi connectivity index (χ0v) is 23.1. The Morgan fingerprint density at radius 3 is 2.42 bits per heavy atom. The number of likely N-dealkylation sites (N-methyl/N-ethyl adjacent to an activating group) is 1. The molecule has 0 N–H and O–H groups in total. The van der Waals surface area contributed by atoms with E-state index in [0.29, 0.717) is 0 Å². The lowest BCUT2D eigenvalue weighted by atomic mass is 9.84. The normalized spacial score (nSPS) is 25.2. The number of allylic oxidation sites excluding steroid dienone is 2. The predicted octanol–water partition coefficient (Wildman–Crippen LogP) is 6.90. The highest BCUT2D eigenvalue weighted by molar-refractivity contribution is 8.18. The molecule has 1 aliphatic carbocycles. The average Bonchev–Trinajstić information content (AvgIpc) is 3.33. The molecule has 1 aromatic heterocycles. The van der Waals surface area contributed by atoms with Crippen LogP contribution in [0, 0.1) is 6.92 Å². The number of benzene rings is 2. The van der Waals surface area contributed by atoms with E-state index in [-0.39, 0.29) is 11.5 Å². The minimum atomic E-state index is -2.68. The number of hydrogen-bond donors (Lipinski definition) is 0. The predicted molar refractivity (Wildman–Crippen MR) is 153 cm³/mol. The molecular weight excluding hydrogens is 483 g/mol. The van der Waals surface area contributed by atoms with Crippen molar-refractivity contribution in [1.29, 1.82) is 0 Å². The Kier molecular flexibility index (Phi) is 5.82. The quantitative estimate of drug-likeness (QED) is 0.355. The lowest BCUT2D eigenvalue weighted by Gasteiger charge is -2.36. The van der Waals surface area contributed by atoms with Crippen molar-refractivity contribution in [2.75, 3.05) is 11.9 Å². The molecule has 1 saturated carbocycles. The Morgan fingerprint density at radius 1 is 1.00 bits per heavy atom. The molecule has 3 aliphatic rings. The lowest BCUT2D eigenvalue weighted by molar-refractivity contribution is 0.176. The van der Waals surface area contributed by atoms with E-state index >= 15 is 0 Å². The first-order valence-corrected chi connectivity index (χ1v) is 15.6. The van der Waals surface area contributed by atoms with E-state index < -0.39 is 6.26 Å². The summed E-state index contributed by atoms with van der Waals surface area (Å²) < 4.78 is 9.08. The van der Waals surface area contributed by atoms with Crippen LogP contribution in [0.3, 0.4) is 0 Å². The molecule has 2 aliphatic heterocycles. The average molecular weight is 517 g/mol. The number of aromatic nitrogens is 2. The maximum Gasteiger partial charge on any atom is 0.166 e. The van der Waals surface area contributed by atoms with E-state index in [1.165, 1.54) is 36.2 Å². The number of nitrogens with zero attached hydrogens (tertiary/aromatic N) is 4. The summed E-state index contributed by atoms with van der Waals surface area (Å²) in [6, 6.07) is 18.9. The fourth-order valence-corrected chi connectivity index (χ4v) is 10.5. The molecule has 7 heteroatoms. The van der Waals surface area contributed by atoms with Crippen molar-refractivity contribution in [2.45, 2.75) is 64.4 Å². The Labute approximate surface area is 219 Å². The second-order valence-corrected chi connectivity index (χ2v) is 14.4. The van der Waals surface area contributed by atoms with Crippen LogP contribution < -0.4 is 10.2 Å². The van der Waals surface area contributed by atoms with Crippen molar-refractivity contribution >= 4 is 41.1 Å². The van der Waals surface area contributed by atoms with Crippen LogP contribution in [0.25, 0.3) is 5.69 Å². The van der Waals surface area contributed by atoms with Crippen LogP contribution in [0.15, 0.2) is 70.6 Å². The fourth-order valence-electron chi connectivity index (χ4n) is 6.18. The fraction of sp³-hybridized carbons (Fsp3) is 0.379. The molecule has 3 heterocycles. The second kappa shape index (κ2) is 8.79. The summed E-state index contributed by atoms with van der Waals surface area (Å²) >= 11 is 6.72. The minimum absolute atomic E-state index is 0.177. The summed E-state index contributed by atoms with van der Waals surface area (Å²) in [6.07, 6.45) is 5.32. The van der Waals surface area contributed by atoms with E-state index in [9.17, 15) is 0 Å². The van der Waals surface area contributed by atoms with E-state index in [2.05, 4.69) is 69.1 Å². The summed E-state index contributed by atoms with van der Waals surface area (Å²) in [6.45, 7) is 6.65. The smallest absolute Gasteiger partial charge is 0.166 e. The Bertz CT molecular complexity index is 1430. The maximum absolute atomic E-state index is 7.14. The highest BCUT2D eigenvalue weighted by atomic mass is 32.4. The first kappa shape index (κ1) is 23.8. The molecule has 5 nitrogen and oxygen atoms in total. The van der Waals surface area contributed by atoms with Crippen molar-refractivity contribution in [1.82, 2.24) is 9.78 Å². The van der Waals surface area contributed by atoms with Gasteiger partial charge in [-0.1, -0.05) is 81.3 Å². The molecule has 186 valence electrons. The molecule has 0 radical (unpaired) electrons. The first-order chi connectivity index (χ1) is 17.3. The van der Waals surface area contributed by atoms with E-state index in [1.54, 1.807) is 0 Å². The molecule has 1 unspecified atom stereocenters. The summed E-state index contributed by atoms with van der Waals surface area (Å²) in [7, 11) is 2.15. The van der Waals surface area contributed by atoms with Crippen LogP contribution in [-0.2, 0) is 21.7 Å². The van der Waals surface area contributed by atoms with Crippen molar-refractivity contribution in [3.63, 3.8) is 0 Å². The van der Waals surface area contributed by atoms with Gasteiger partial charge in [0, 0.05) is 30.1 Å². The number of aliphatic imine (C=N–C) groups is 1. The highest BCUT2D eigenvalue weighted by Crippen LogP contribution is 2.64. The molecule has 0 spiro atoms. The number of fused-ring (bicyclic) bond motifs is 2. The van der Waals surface area contributed by atoms with Gasteiger partial charge in [-0.3, -0.25) is 0 Å². The van der Waals surface area contributed by atoms with Crippen molar-refractivity contribution in [2.24, 2.45) is 4.99 Å². The Balaban J connectivity index is 1.59. The van der Waals surface area contributed by atoms with Gasteiger partial charge in [-0.05, 0) is 43.5 Å². The molecule has 3 aromatic rings. The molecule has 36 heavy (non-hydrogen) atoms. The molecule has 1 fully saturated rings. The summed E-state index contributed by atoms with van der Waals surface area (Å²) in [5.74, 6) is 0.818. The third-order valence-electron chi connectivity index (χ3n) is 7.89.